The average molecular weight is 509 g/mol. The topological polar surface area (TPSA) is 113 Å². The van der Waals surface area contributed by atoms with E-state index in [1.165, 1.54) is 24.3 Å². The average Bonchev–Trinajstić information content (AvgIpc) is 3.33. The molecule has 0 saturated carbocycles. The Morgan fingerprint density at radius 2 is 1.78 bits per heavy atom. The maximum Gasteiger partial charge on any atom is 0.291 e. The molecular formula is C26H21ClN2O7. The molecular weight excluding hydrogens is 488 g/mol. The highest BCUT2D eigenvalue weighted by Gasteiger charge is 2.17. The van der Waals surface area contributed by atoms with Gasteiger partial charge in [-0.05, 0) is 55.0 Å². The van der Waals surface area contributed by atoms with Crippen LogP contribution in [0.3, 0.4) is 0 Å². The summed E-state index contributed by atoms with van der Waals surface area (Å²) in [4.78, 5) is 23.6. The van der Waals surface area contributed by atoms with E-state index in [9.17, 15) is 14.9 Å². The van der Waals surface area contributed by atoms with E-state index in [2.05, 4.69) is 5.32 Å². The number of carbonyl (C=O) groups is 1. The SMILES string of the molecule is COc1ccc(Oc2cc(NC(=O)c3ccc(COc4c(C)cccc4Cl)o3)cc([N+](=O)[O-])c2)cc1. The second-order valence-electron chi connectivity index (χ2n) is 7.64. The van der Waals surface area contributed by atoms with Crippen LogP contribution < -0.4 is 19.5 Å². The van der Waals surface area contributed by atoms with E-state index in [0.717, 1.165) is 5.56 Å². The predicted molar refractivity (Wildman–Crippen MR) is 133 cm³/mol. The number of carbonyl (C=O) groups excluding carboxylic acids is 1. The summed E-state index contributed by atoms with van der Waals surface area (Å²) in [6.07, 6.45) is 0. The number of hydrogen-bond donors (Lipinski definition) is 1. The van der Waals surface area contributed by atoms with Gasteiger partial charge in [-0.3, -0.25) is 14.9 Å². The molecule has 0 spiro atoms. The van der Waals surface area contributed by atoms with E-state index in [-0.39, 0.29) is 29.5 Å². The monoisotopic (exact) mass is 508 g/mol. The van der Waals surface area contributed by atoms with Crippen LogP contribution in [0.15, 0.2) is 77.2 Å². The highest BCUT2D eigenvalue weighted by molar-refractivity contribution is 6.32. The minimum Gasteiger partial charge on any atom is -0.497 e. The van der Waals surface area contributed by atoms with Crippen molar-refractivity contribution in [3.05, 3.63) is 105 Å². The minimum absolute atomic E-state index is 0.00797. The zero-order chi connectivity index (χ0) is 25.7. The number of para-hydroxylation sites is 1. The standard InChI is InChI=1S/C26H21ClN2O7/c1-16-4-3-5-23(27)25(16)34-15-21-10-11-24(36-21)26(30)28-17-12-18(29(31)32)14-22(13-17)35-20-8-6-19(33-2)7-9-20/h3-14H,15H2,1-2H3,(H,28,30). The first kappa shape index (κ1) is 24.6. The summed E-state index contributed by atoms with van der Waals surface area (Å²) >= 11 is 6.17. The summed E-state index contributed by atoms with van der Waals surface area (Å²) in [6.45, 7) is 1.93. The van der Waals surface area contributed by atoms with Crippen molar-refractivity contribution in [1.82, 2.24) is 0 Å². The first-order valence-corrected chi connectivity index (χ1v) is 11.1. The van der Waals surface area contributed by atoms with Crippen LogP contribution in [-0.4, -0.2) is 17.9 Å². The highest BCUT2D eigenvalue weighted by atomic mass is 35.5. The minimum atomic E-state index is -0.592. The maximum atomic E-state index is 12.7. The van der Waals surface area contributed by atoms with Crippen molar-refractivity contribution in [1.29, 1.82) is 0 Å². The number of aryl methyl sites for hydroxylation is 1. The van der Waals surface area contributed by atoms with Crippen LogP contribution in [0.2, 0.25) is 5.02 Å². The van der Waals surface area contributed by atoms with Gasteiger partial charge in [0.2, 0.25) is 0 Å². The number of furan rings is 1. The Labute approximate surface area is 211 Å². The van der Waals surface area contributed by atoms with Crippen LogP contribution >= 0.6 is 11.6 Å². The molecule has 0 atom stereocenters. The molecule has 3 aromatic carbocycles. The smallest absolute Gasteiger partial charge is 0.291 e. The largest absolute Gasteiger partial charge is 0.497 e. The van der Waals surface area contributed by atoms with Gasteiger partial charge in [0, 0.05) is 12.1 Å². The van der Waals surface area contributed by atoms with E-state index in [1.807, 2.05) is 19.1 Å². The molecule has 4 aromatic rings. The number of nitrogens with zero attached hydrogens (tertiary/aromatic N) is 1. The first-order chi connectivity index (χ1) is 17.3. The second kappa shape index (κ2) is 10.8. The normalized spacial score (nSPS) is 10.5. The fraction of sp³-hybridized carbons (Fsp3) is 0.115. The van der Waals surface area contributed by atoms with Crippen molar-refractivity contribution in [2.24, 2.45) is 0 Å². The van der Waals surface area contributed by atoms with Gasteiger partial charge < -0.3 is 23.9 Å². The number of nitrogens with one attached hydrogen (secondary N) is 1. The van der Waals surface area contributed by atoms with Gasteiger partial charge in [-0.2, -0.15) is 0 Å². The molecule has 0 saturated heterocycles. The summed E-state index contributed by atoms with van der Waals surface area (Å²) < 4.78 is 22.2. The molecule has 0 aliphatic rings. The zero-order valence-electron chi connectivity index (χ0n) is 19.3. The van der Waals surface area contributed by atoms with Crippen molar-refractivity contribution >= 4 is 28.9 Å². The van der Waals surface area contributed by atoms with Gasteiger partial charge in [-0.1, -0.05) is 23.7 Å². The predicted octanol–water partition coefficient (Wildman–Crippen LogP) is 6.78. The van der Waals surface area contributed by atoms with Crippen molar-refractivity contribution < 1.29 is 28.3 Å². The fourth-order valence-electron chi connectivity index (χ4n) is 3.31. The van der Waals surface area contributed by atoms with Gasteiger partial charge in [0.25, 0.3) is 11.6 Å². The summed E-state index contributed by atoms with van der Waals surface area (Å²) in [5, 5.41) is 14.5. The molecule has 0 bridgehead atoms. The number of amides is 1. The van der Waals surface area contributed by atoms with Crippen LogP contribution in [-0.2, 0) is 6.61 Å². The third kappa shape index (κ3) is 5.94. The Hall–Kier alpha value is -4.50. The summed E-state index contributed by atoms with van der Waals surface area (Å²) in [6, 6.07) is 19.2. The lowest BCUT2D eigenvalue weighted by Gasteiger charge is -2.10. The van der Waals surface area contributed by atoms with Crippen molar-refractivity contribution in [2.75, 3.05) is 12.4 Å². The first-order valence-electron chi connectivity index (χ1n) is 10.7. The van der Waals surface area contributed by atoms with Crippen LogP contribution in [0.25, 0.3) is 0 Å². The molecule has 1 heterocycles. The lowest BCUT2D eigenvalue weighted by atomic mass is 10.2. The van der Waals surface area contributed by atoms with Crippen LogP contribution in [0, 0.1) is 17.0 Å². The Balaban J connectivity index is 1.46. The number of anilines is 1. The number of nitro benzene ring substituents is 1. The lowest BCUT2D eigenvalue weighted by molar-refractivity contribution is -0.384. The van der Waals surface area contributed by atoms with Gasteiger partial charge in [0.1, 0.15) is 35.4 Å². The zero-order valence-corrected chi connectivity index (χ0v) is 20.1. The van der Waals surface area contributed by atoms with Gasteiger partial charge >= 0.3 is 0 Å². The Morgan fingerprint density at radius 3 is 2.47 bits per heavy atom. The van der Waals surface area contributed by atoms with Crippen molar-refractivity contribution in [3.8, 4) is 23.0 Å². The van der Waals surface area contributed by atoms with E-state index in [1.54, 1.807) is 43.5 Å². The maximum absolute atomic E-state index is 12.7. The number of benzene rings is 3. The number of ether oxygens (including phenoxy) is 3. The van der Waals surface area contributed by atoms with Gasteiger partial charge in [-0.25, -0.2) is 0 Å². The molecule has 0 radical (unpaired) electrons. The molecule has 0 aliphatic carbocycles. The van der Waals surface area contributed by atoms with Crippen LogP contribution in [0.4, 0.5) is 11.4 Å². The molecule has 36 heavy (non-hydrogen) atoms. The van der Waals surface area contributed by atoms with Gasteiger partial charge in [0.05, 0.1) is 28.8 Å². The summed E-state index contributed by atoms with van der Waals surface area (Å²) in [5.41, 5.74) is 0.781. The molecule has 9 nitrogen and oxygen atoms in total. The van der Waals surface area contributed by atoms with E-state index in [4.69, 9.17) is 30.2 Å². The van der Waals surface area contributed by atoms with E-state index in [0.29, 0.717) is 28.0 Å². The molecule has 1 N–H and O–H groups in total. The number of halogens is 1. The fourth-order valence-corrected chi connectivity index (χ4v) is 3.59. The van der Waals surface area contributed by atoms with Crippen LogP contribution in [0.1, 0.15) is 21.9 Å². The van der Waals surface area contributed by atoms with Gasteiger partial charge in [-0.15, -0.1) is 0 Å². The number of rotatable bonds is 9. The number of hydrogen-bond acceptors (Lipinski definition) is 7. The van der Waals surface area contributed by atoms with Crippen molar-refractivity contribution in [2.45, 2.75) is 13.5 Å². The lowest BCUT2D eigenvalue weighted by Crippen LogP contribution is -2.11. The van der Waals surface area contributed by atoms with Crippen molar-refractivity contribution in [3.63, 3.8) is 0 Å². The number of non-ortho nitro benzene ring substituents is 1. The molecule has 1 aromatic heterocycles. The van der Waals surface area contributed by atoms with Gasteiger partial charge in [0.15, 0.2) is 5.76 Å². The second-order valence-corrected chi connectivity index (χ2v) is 8.05. The van der Waals surface area contributed by atoms with E-state index >= 15 is 0 Å². The third-order valence-corrected chi connectivity index (χ3v) is 5.36. The molecule has 0 aliphatic heterocycles. The Bertz CT molecular complexity index is 1380. The molecule has 0 unspecified atom stereocenters. The highest BCUT2D eigenvalue weighted by Crippen LogP contribution is 2.31. The molecule has 184 valence electrons. The van der Waals surface area contributed by atoms with Crippen LogP contribution in [0.5, 0.6) is 23.0 Å². The quantitative estimate of drug-likeness (QED) is 0.196. The Kier molecular flexibility index (Phi) is 7.41. The molecule has 4 rings (SSSR count). The number of methoxy groups -OCH3 is 1. The summed E-state index contributed by atoms with van der Waals surface area (Å²) in [7, 11) is 1.54. The molecule has 0 fully saturated rings. The number of nitro groups is 1. The summed E-state index contributed by atoms with van der Waals surface area (Å²) in [5.74, 6) is 1.61. The molecule has 1 amide bonds. The van der Waals surface area contributed by atoms with E-state index < -0.39 is 10.8 Å². The third-order valence-electron chi connectivity index (χ3n) is 5.06. The molecule has 10 heteroatoms. The Morgan fingerprint density at radius 1 is 1.03 bits per heavy atom.